The van der Waals surface area contributed by atoms with Crippen LogP contribution in [0.3, 0.4) is 0 Å². The standard InChI is InChI=1S/C10H10N2O2/c1-14-9-4-2-3-7-10(9)8(5-11-7)12-6-13/h2-6,11H,1H3,(H,12,13). The molecule has 1 aromatic carbocycles. The van der Waals surface area contributed by atoms with Crippen molar-refractivity contribution >= 4 is 23.0 Å². The average Bonchev–Trinajstić information content (AvgIpc) is 2.62. The summed E-state index contributed by atoms with van der Waals surface area (Å²) in [6.45, 7) is 0. The highest BCUT2D eigenvalue weighted by Crippen LogP contribution is 2.31. The van der Waals surface area contributed by atoms with Gasteiger partial charge >= 0.3 is 0 Å². The van der Waals surface area contributed by atoms with Gasteiger partial charge in [-0.25, -0.2) is 0 Å². The van der Waals surface area contributed by atoms with E-state index in [-0.39, 0.29) is 0 Å². The smallest absolute Gasteiger partial charge is 0.211 e. The van der Waals surface area contributed by atoms with E-state index >= 15 is 0 Å². The van der Waals surface area contributed by atoms with Crippen LogP contribution in [0, 0.1) is 0 Å². The zero-order chi connectivity index (χ0) is 9.97. The molecule has 14 heavy (non-hydrogen) atoms. The van der Waals surface area contributed by atoms with Crippen LogP contribution < -0.4 is 10.1 Å². The number of fused-ring (bicyclic) bond motifs is 1. The van der Waals surface area contributed by atoms with Gasteiger partial charge in [-0.2, -0.15) is 0 Å². The molecule has 1 aromatic heterocycles. The number of methoxy groups -OCH3 is 1. The van der Waals surface area contributed by atoms with Crippen molar-refractivity contribution < 1.29 is 9.53 Å². The van der Waals surface area contributed by atoms with Crippen molar-refractivity contribution in [2.45, 2.75) is 0 Å². The molecule has 0 aliphatic rings. The first-order valence-electron chi connectivity index (χ1n) is 4.21. The number of hydrogen-bond acceptors (Lipinski definition) is 2. The molecule has 1 heterocycles. The maximum absolute atomic E-state index is 10.3. The zero-order valence-electron chi connectivity index (χ0n) is 7.70. The summed E-state index contributed by atoms with van der Waals surface area (Å²) in [5.41, 5.74) is 1.67. The largest absolute Gasteiger partial charge is 0.496 e. The lowest BCUT2D eigenvalue weighted by Crippen LogP contribution is -1.93. The van der Waals surface area contributed by atoms with Gasteiger partial charge in [0.1, 0.15) is 5.75 Å². The topological polar surface area (TPSA) is 54.1 Å². The Balaban J connectivity index is 2.67. The Hall–Kier alpha value is -1.97. The van der Waals surface area contributed by atoms with Gasteiger partial charge in [-0.05, 0) is 12.1 Å². The summed E-state index contributed by atoms with van der Waals surface area (Å²) in [6.07, 6.45) is 2.39. The molecule has 0 spiro atoms. The molecule has 0 aliphatic heterocycles. The predicted molar refractivity (Wildman–Crippen MR) is 54.5 cm³/mol. The molecule has 0 fully saturated rings. The van der Waals surface area contributed by atoms with Crippen molar-refractivity contribution in [3.05, 3.63) is 24.4 Å². The first kappa shape index (κ1) is 8.62. The number of carbonyl (C=O) groups is 1. The maximum Gasteiger partial charge on any atom is 0.211 e. The number of carbonyl (C=O) groups excluding carboxylic acids is 1. The van der Waals surface area contributed by atoms with E-state index in [4.69, 9.17) is 4.74 Å². The van der Waals surface area contributed by atoms with Gasteiger partial charge in [0.25, 0.3) is 0 Å². The lowest BCUT2D eigenvalue weighted by molar-refractivity contribution is -0.105. The van der Waals surface area contributed by atoms with Gasteiger partial charge in [0.15, 0.2) is 0 Å². The quantitative estimate of drug-likeness (QED) is 0.724. The molecule has 2 rings (SSSR count). The van der Waals surface area contributed by atoms with Gasteiger partial charge < -0.3 is 15.0 Å². The van der Waals surface area contributed by atoms with E-state index in [0.29, 0.717) is 6.41 Å². The second-order valence-corrected chi connectivity index (χ2v) is 2.85. The van der Waals surface area contributed by atoms with Crippen molar-refractivity contribution in [1.82, 2.24) is 4.98 Å². The molecule has 72 valence electrons. The van der Waals surface area contributed by atoms with Gasteiger partial charge in [0, 0.05) is 6.20 Å². The first-order valence-corrected chi connectivity index (χ1v) is 4.21. The molecular formula is C10H10N2O2. The number of aromatic amines is 1. The summed E-state index contributed by atoms with van der Waals surface area (Å²) >= 11 is 0. The van der Waals surface area contributed by atoms with Crippen LogP contribution in [0.2, 0.25) is 0 Å². The zero-order valence-corrected chi connectivity index (χ0v) is 7.70. The molecule has 4 heteroatoms. The minimum Gasteiger partial charge on any atom is -0.496 e. The normalized spacial score (nSPS) is 10.1. The Kier molecular flexibility index (Phi) is 2.10. The van der Waals surface area contributed by atoms with Crippen molar-refractivity contribution in [2.75, 3.05) is 12.4 Å². The van der Waals surface area contributed by atoms with Crippen molar-refractivity contribution in [2.24, 2.45) is 0 Å². The molecule has 0 atom stereocenters. The molecule has 0 saturated heterocycles. The fraction of sp³-hybridized carbons (Fsp3) is 0.100. The molecule has 0 radical (unpaired) electrons. The number of H-pyrrole nitrogens is 1. The third-order valence-electron chi connectivity index (χ3n) is 2.10. The highest BCUT2D eigenvalue weighted by molar-refractivity contribution is 6.00. The van der Waals surface area contributed by atoms with Gasteiger partial charge in [-0.3, -0.25) is 4.79 Å². The minimum atomic E-state index is 0.648. The Morgan fingerprint density at radius 3 is 3.07 bits per heavy atom. The van der Waals surface area contributed by atoms with E-state index in [0.717, 1.165) is 22.3 Å². The van der Waals surface area contributed by atoms with Gasteiger partial charge in [-0.1, -0.05) is 6.07 Å². The second kappa shape index (κ2) is 3.41. The highest BCUT2D eigenvalue weighted by atomic mass is 16.5. The van der Waals surface area contributed by atoms with Crippen LogP contribution in [0.25, 0.3) is 10.9 Å². The summed E-state index contributed by atoms with van der Waals surface area (Å²) in [6, 6.07) is 5.67. The number of rotatable bonds is 3. The molecule has 0 bridgehead atoms. The number of amides is 1. The molecule has 0 saturated carbocycles. The number of ether oxygens (including phenoxy) is 1. The van der Waals surface area contributed by atoms with E-state index in [1.165, 1.54) is 0 Å². The fourth-order valence-electron chi connectivity index (χ4n) is 1.50. The third kappa shape index (κ3) is 1.21. The van der Waals surface area contributed by atoms with Crippen LogP contribution in [0.1, 0.15) is 0 Å². The summed E-state index contributed by atoms with van der Waals surface area (Å²) in [7, 11) is 1.60. The third-order valence-corrected chi connectivity index (χ3v) is 2.10. The molecule has 4 nitrogen and oxygen atoms in total. The van der Waals surface area contributed by atoms with E-state index in [1.807, 2.05) is 18.2 Å². The number of hydrogen-bond donors (Lipinski definition) is 2. The summed E-state index contributed by atoms with van der Waals surface area (Å²) in [5, 5.41) is 3.50. The Bertz CT molecular complexity index is 462. The lowest BCUT2D eigenvalue weighted by atomic mass is 10.2. The van der Waals surface area contributed by atoms with Crippen molar-refractivity contribution in [3.63, 3.8) is 0 Å². The van der Waals surface area contributed by atoms with Crippen LogP contribution in [0.5, 0.6) is 5.75 Å². The Morgan fingerprint density at radius 2 is 2.36 bits per heavy atom. The van der Waals surface area contributed by atoms with Gasteiger partial charge in [0.2, 0.25) is 6.41 Å². The molecule has 2 aromatic rings. The lowest BCUT2D eigenvalue weighted by Gasteiger charge is -2.02. The number of anilines is 1. The van der Waals surface area contributed by atoms with E-state index in [1.54, 1.807) is 13.3 Å². The number of benzene rings is 1. The summed E-state index contributed by atoms with van der Waals surface area (Å²) in [5.74, 6) is 0.744. The first-order chi connectivity index (χ1) is 6.86. The monoisotopic (exact) mass is 190 g/mol. The average molecular weight is 190 g/mol. The van der Waals surface area contributed by atoms with Crippen LogP contribution in [0.15, 0.2) is 24.4 Å². The Labute approximate surface area is 80.9 Å². The van der Waals surface area contributed by atoms with Crippen molar-refractivity contribution in [1.29, 1.82) is 0 Å². The molecule has 0 aliphatic carbocycles. The molecule has 2 N–H and O–H groups in total. The molecule has 0 unspecified atom stereocenters. The molecular weight excluding hydrogens is 180 g/mol. The van der Waals surface area contributed by atoms with Gasteiger partial charge in [0.05, 0.1) is 23.7 Å². The van der Waals surface area contributed by atoms with Crippen LogP contribution in [-0.2, 0) is 4.79 Å². The van der Waals surface area contributed by atoms with Crippen LogP contribution in [-0.4, -0.2) is 18.5 Å². The number of nitrogens with one attached hydrogen (secondary N) is 2. The number of aromatic nitrogens is 1. The molecule has 1 amide bonds. The van der Waals surface area contributed by atoms with Gasteiger partial charge in [-0.15, -0.1) is 0 Å². The maximum atomic E-state index is 10.3. The summed E-state index contributed by atoms with van der Waals surface area (Å²) in [4.78, 5) is 13.4. The van der Waals surface area contributed by atoms with Crippen LogP contribution >= 0.6 is 0 Å². The SMILES string of the molecule is COc1cccc2[nH]cc(NC=O)c12. The second-order valence-electron chi connectivity index (χ2n) is 2.85. The minimum absolute atomic E-state index is 0.648. The highest BCUT2D eigenvalue weighted by Gasteiger charge is 2.07. The van der Waals surface area contributed by atoms with Crippen molar-refractivity contribution in [3.8, 4) is 5.75 Å². The van der Waals surface area contributed by atoms with E-state index in [9.17, 15) is 4.79 Å². The predicted octanol–water partition coefficient (Wildman–Crippen LogP) is 1.74. The van der Waals surface area contributed by atoms with Crippen LogP contribution in [0.4, 0.5) is 5.69 Å². The summed E-state index contributed by atoms with van der Waals surface area (Å²) < 4.78 is 5.20. The van der Waals surface area contributed by atoms with E-state index in [2.05, 4.69) is 10.3 Å². The Morgan fingerprint density at radius 1 is 1.50 bits per heavy atom. The van der Waals surface area contributed by atoms with E-state index < -0.39 is 0 Å². The fourth-order valence-corrected chi connectivity index (χ4v) is 1.50.